The number of benzene rings is 2. The van der Waals surface area contributed by atoms with Crippen molar-refractivity contribution < 1.29 is 18.6 Å². The summed E-state index contributed by atoms with van der Waals surface area (Å²) in [6.45, 7) is 9.07. The van der Waals surface area contributed by atoms with Crippen molar-refractivity contribution in [1.29, 1.82) is 0 Å². The van der Waals surface area contributed by atoms with Gasteiger partial charge < -0.3 is 19.5 Å². The quantitative estimate of drug-likeness (QED) is 0.588. The molecule has 2 aromatic carbocycles. The second-order valence-corrected chi connectivity index (χ2v) is 7.28. The standard InChI is InChI=1S/C22H28ClFN2O3/c1-2-28-22-13-17(15-25-7-8-26-9-11-27-12-10-26)3-6-21(22)29-16-18-4-5-19(24)14-20(18)23/h3-6,13-14,25H,2,7-12,15-16H2,1H3. The van der Waals surface area contributed by atoms with Crippen LogP contribution in [0.15, 0.2) is 36.4 Å². The number of nitrogens with one attached hydrogen (secondary N) is 1. The molecule has 1 aliphatic rings. The number of morpholine rings is 1. The summed E-state index contributed by atoms with van der Waals surface area (Å²) in [7, 11) is 0. The van der Waals surface area contributed by atoms with E-state index >= 15 is 0 Å². The SMILES string of the molecule is CCOc1cc(CNCCN2CCOCC2)ccc1OCc1ccc(F)cc1Cl. The molecule has 5 nitrogen and oxygen atoms in total. The summed E-state index contributed by atoms with van der Waals surface area (Å²) in [5, 5.41) is 3.83. The summed E-state index contributed by atoms with van der Waals surface area (Å²) in [4.78, 5) is 2.40. The van der Waals surface area contributed by atoms with E-state index in [1.54, 1.807) is 6.07 Å². The van der Waals surface area contributed by atoms with E-state index in [1.165, 1.54) is 12.1 Å². The van der Waals surface area contributed by atoms with E-state index in [-0.39, 0.29) is 12.4 Å². The zero-order valence-electron chi connectivity index (χ0n) is 16.8. The Labute approximate surface area is 176 Å². The summed E-state index contributed by atoms with van der Waals surface area (Å²) in [6, 6.07) is 10.2. The molecule has 1 saturated heterocycles. The lowest BCUT2D eigenvalue weighted by molar-refractivity contribution is 0.0384. The number of halogens is 2. The molecule has 29 heavy (non-hydrogen) atoms. The Morgan fingerprint density at radius 3 is 2.69 bits per heavy atom. The molecule has 0 unspecified atom stereocenters. The third-order valence-electron chi connectivity index (χ3n) is 4.74. The van der Waals surface area contributed by atoms with Crippen molar-refractivity contribution in [3.05, 3.63) is 58.4 Å². The lowest BCUT2D eigenvalue weighted by Crippen LogP contribution is -2.40. The van der Waals surface area contributed by atoms with E-state index in [0.717, 1.165) is 57.1 Å². The van der Waals surface area contributed by atoms with Gasteiger partial charge in [-0.15, -0.1) is 0 Å². The lowest BCUT2D eigenvalue weighted by Gasteiger charge is -2.26. The van der Waals surface area contributed by atoms with Crippen LogP contribution in [0.25, 0.3) is 0 Å². The van der Waals surface area contributed by atoms with E-state index in [4.69, 9.17) is 25.8 Å². The Hall–Kier alpha value is -1.86. The molecule has 0 aliphatic carbocycles. The van der Waals surface area contributed by atoms with Gasteiger partial charge in [-0.25, -0.2) is 4.39 Å². The normalized spacial score (nSPS) is 14.7. The monoisotopic (exact) mass is 422 g/mol. The molecule has 0 atom stereocenters. The van der Waals surface area contributed by atoms with E-state index in [9.17, 15) is 4.39 Å². The fraction of sp³-hybridized carbons (Fsp3) is 0.455. The van der Waals surface area contributed by atoms with Crippen molar-refractivity contribution in [2.75, 3.05) is 46.0 Å². The van der Waals surface area contributed by atoms with Gasteiger partial charge in [0.1, 0.15) is 12.4 Å². The number of ether oxygens (including phenoxy) is 3. The molecule has 0 saturated carbocycles. The molecule has 0 radical (unpaired) electrons. The zero-order chi connectivity index (χ0) is 20.5. The van der Waals surface area contributed by atoms with Gasteiger partial charge in [0.25, 0.3) is 0 Å². The van der Waals surface area contributed by atoms with Gasteiger partial charge in [-0.2, -0.15) is 0 Å². The van der Waals surface area contributed by atoms with Crippen LogP contribution >= 0.6 is 11.6 Å². The molecule has 1 fully saturated rings. The molecule has 158 valence electrons. The third kappa shape index (κ3) is 6.85. The van der Waals surface area contributed by atoms with Crippen molar-refractivity contribution in [1.82, 2.24) is 10.2 Å². The number of nitrogens with zero attached hydrogens (tertiary/aromatic N) is 1. The highest BCUT2D eigenvalue weighted by Crippen LogP contribution is 2.30. The van der Waals surface area contributed by atoms with Gasteiger partial charge in [0.15, 0.2) is 11.5 Å². The highest BCUT2D eigenvalue weighted by Gasteiger charge is 2.11. The van der Waals surface area contributed by atoms with Crippen LogP contribution in [-0.4, -0.2) is 50.9 Å². The molecule has 7 heteroatoms. The second kappa shape index (κ2) is 11.4. The molecule has 0 aromatic heterocycles. The average Bonchev–Trinajstić information content (AvgIpc) is 2.73. The van der Waals surface area contributed by atoms with E-state index in [2.05, 4.69) is 10.2 Å². The van der Waals surface area contributed by atoms with Gasteiger partial charge >= 0.3 is 0 Å². The maximum absolute atomic E-state index is 13.2. The Morgan fingerprint density at radius 1 is 1.10 bits per heavy atom. The molecule has 0 bridgehead atoms. The summed E-state index contributed by atoms with van der Waals surface area (Å²) in [6.07, 6.45) is 0. The Balaban J connectivity index is 1.53. The van der Waals surface area contributed by atoms with Crippen LogP contribution in [0.2, 0.25) is 5.02 Å². The fourth-order valence-electron chi connectivity index (χ4n) is 3.14. The molecular formula is C22H28ClFN2O3. The van der Waals surface area contributed by atoms with E-state index in [0.29, 0.717) is 23.1 Å². The van der Waals surface area contributed by atoms with Crippen LogP contribution in [0.5, 0.6) is 11.5 Å². The van der Waals surface area contributed by atoms with E-state index in [1.807, 2.05) is 25.1 Å². The highest BCUT2D eigenvalue weighted by atomic mass is 35.5. The van der Waals surface area contributed by atoms with Crippen LogP contribution in [0.4, 0.5) is 4.39 Å². The molecule has 1 N–H and O–H groups in total. The topological polar surface area (TPSA) is 43.0 Å². The maximum atomic E-state index is 13.2. The van der Waals surface area contributed by atoms with Gasteiger partial charge in [0.05, 0.1) is 24.8 Å². The van der Waals surface area contributed by atoms with Crippen LogP contribution in [-0.2, 0) is 17.9 Å². The fourth-order valence-corrected chi connectivity index (χ4v) is 3.36. The molecule has 1 aliphatic heterocycles. The van der Waals surface area contributed by atoms with Crippen molar-refractivity contribution in [3.8, 4) is 11.5 Å². The van der Waals surface area contributed by atoms with Gasteiger partial charge in [-0.1, -0.05) is 23.7 Å². The molecule has 0 amide bonds. The minimum atomic E-state index is -0.362. The van der Waals surface area contributed by atoms with Crippen LogP contribution in [0.1, 0.15) is 18.1 Å². The smallest absolute Gasteiger partial charge is 0.161 e. The van der Waals surface area contributed by atoms with Gasteiger partial charge in [-0.05, 0) is 36.8 Å². The first-order chi connectivity index (χ1) is 14.2. The first-order valence-electron chi connectivity index (χ1n) is 9.99. The van der Waals surface area contributed by atoms with Gasteiger partial charge in [-0.3, -0.25) is 4.90 Å². The van der Waals surface area contributed by atoms with Crippen LogP contribution in [0, 0.1) is 5.82 Å². The minimum absolute atomic E-state index is 0.246. The first kappa shape index (κ1) is 21.8. The summed E-state index contributed by atoms with van der Waals surface area (Å²) < 4.78 is 30.2. The maximum Gasteiger partial charge on any atom is 0.161 e. The molecule has 2 aromatic rings. The minimum Gasteiger partial charge on any atom is -0.490 e. The molecule has 0 spiro atoms. The van der Waals surface area contributed by atoms with E-state index < -0.39 is 0 Å². The molecular weight excluding hydrogens is 395 g/mol. The van der Waals surface area contributed by atoms with Crippen LogP contribution in [0.3, 0.4) is 0 Å². The van der Waals surface area contributed by atoms with Crippen molar-refractivity contribution in [2.24, 2.45) is 0 Å². The Morgan fingerprint density at radius 2 is 1.93 bits per heavy atom. The Bertz CT molecular complexity index is 785. The predicted molar refractivity (Wildman–Crippen MR) is 112 cm³/mol. The van der Waals surface area contributed by atoms with Crippen LogP contribution < -0.4 is 14.8 Å². The van der Waals surface area contributed by atoms with Crippen molar-refractivity contribution in [3.63, 3.8) is 0 Å². The predicted octanol–water partition coefficient (Wildman–Crippen LogP) is 3.88. The first-order valence-corrected chi connectivity index (χ1v) is 10.4. The number of hydrogen-bond donors (Lipinski definition) is 1. The van der Waals surface area contributed by atoms with Gasteiger partial charge in [0.2, 0.25) is 0 Å². The van der Waals surface area contributed by atoms with Crippen molar-refractivity contribution >= 4 is 11.6 Å². The van der Waals surface area contributed by atoms with Gasteiger partial charge in [0, 0.05) is 38.3 Å². The Kier molecular flexibility index (Phi) is 8.55. The number of hydrogen-bond acceptors (Lipinski definition) is 5. The number of rotatable bonds is 10. The lowest BCUT2D eigenvalue weighted by atomic mass is 10.2. The molecule has 1 heterocycles. The largest absolute Gasteiger partial charge is 0.490 e. The van der Waals surface area contributed by atoms with Crippen molar-refractivity contribution in [2.45, 2.75) is 20.1 Å². The second-order valence-electron chi connectivity index (χ2n) is 6.87. The third-order valence-corrected chi connectivity index (χ3v) is 5.10. The highest BCUT2D eigenvalue weighted by molar-refractivity contribution is 6.31. The summed E-state index contributed by atoms with van der Waals surface area (Å²) >= 11 is 6.08. The summed E-state index contributed by atoms with van der Waals surface area (Å²) in [5.74, 6) is 0.974. The summed E-state index contributed by atoms with van der Waals surface area (Å²) in [5.41, 5.74) is 1.85. The molecule has 3 rings (SSSR count). The zero-order valence-corrected chi connectivity index (χ0v) is 17.5. The average molecular weight is 423 g/mol.